The molecule has 1 amide bonds. The normalized spacial score (nSPS) is 11.4. The fourth-order valence-electron chi connectivity index (χ4n) is 2.04. The van der Waals surface area contributed by atoms with E-state index in [0.717, 1.165) is 20.1 Å². The van der Waals surface area contributed by atoms with Crippen LogP contribution in [0.1, 0.15) is 20.8 Å². The third-order valence-corrected chi connectivity index (χ3v) is 3.39. The van der Waals surface area contributed by atoms with Crippen molar-refractivity contribution in [2.24, 2.45) is 0 Å². The van der Waals surface area contributed by atoms with Gasteiger partial charge in [0.1, 0.15) is 11.4 Å². The van der Waals surface area contributed by atoms with Gasteiger partial charge in [-0.15, -0.1) is 0 Å². The minimum Gasteiger partial charge on any atom is -0.444 e. The van der Waals surface area contributed by atoms with Crippen molar-refractivity contribution >= 4 is 45.7 Å². The molecule has 22 heavy (non-hydrogen) atoms. The molecule has 0 saturated carbocycles. The maximum Gasteiger partial charge on any atom is 0.420 e. The number of hydrogen-bond donors (Lipinski definition) is 1. The van der Waals surface area contributed by atoms with E-state index in [1.54, 1.807) is 27.0 Å². The molecule has 1 aromatic carbocycles. The van der Waals surface area contributed by atoms with E-state index in [1.807, 2.05) is 24.3 Å². The number of rotatable bonds is 2. The predicted octanol–water partition coefficient (Wildman–Crippen LogP) is 3.85. The van der Waals surface area contributed by atoms with Gasteiger partial charge in [0.2, 0.25) is 0 Å². The molecule has 1 N–H and O–H groups in total. The third kappa shape index (κ3) is 3.78. The van der Waals surface area contributed by atoms with Gasteiger partial charge in [-0.1, -0.05) is 22.0 Å². The van der Waals surface area contributed by atoms with E-state index < -0.39 is 18.7 Å². The highest BCUT2D eigenvalue weighted by Gasteiger charge is 2.31. The maximum absolute atomic E-state index is 12.4. The zero-order valence-electron chi connectivity index (χ0n) is 13.0. The summed E-state index contributed by atoms with van der Waals surface area (Å²) in [6, 6.07) is 7.53. The number of fused-ring (bicyclic) bond motifs is 1. The van der Waals surface area contributed by atoms with Gasteiger partial charge < -0.3 is 9.76 Å². The minimum absolute atomic E-state index is 0.364. The van der Waals surface area contributed by atoms with Crippen LogP contribution in [0.4, 0.5) is 10.6 Å². The number of anilines is 1. The topological polar surface area (TPSA) is 62.7 Å². The van der Waals surface area contributed by atoms with Crippen molar-refractivity contribution in [2.45, 2.75) is 33.2 Å². The molecule has 1 aromatic heterocycles. The first-order valence-corrected chi connectivity index (χ1v) is 7.73. The van der Waals surface area contributed by atoms with Gasteiger partial charge in [0, 0.05) is 16.1 Å². The molecule has 0 radical (unpaired) electrons. The number of pyridine rings is 1. The van der Waals surface area contributed by atoms with Crippen LogP contribution in [0.25, 0.3) is 10.8 Å². The lowest BCUT2D eigenvalue weighted by Gasteiger charge is -2.28. The molecule has 1 heterocycles. The van der Waals surface area contributed by atoms with Gasteiger partial charge in [0.25, 0.3) is 0 Å². The van der Waals surface area contributed by atoms with Gasteiger partial charge in [0.15, 0.2) is 0 Å². The lowest BCUT2D eigenvalue weighted by atomic mass is 9.85. The molecule has 0 unspecified atom stereocenters. The minimum atomic E-state index is -1.06. The van der Waals surface area contributed by atoms with Crippen molar-refractivity contribution in [1.82, 2.24) is 4.98 Å². The van der Waals surface area contributed by atoms with Crippen LogP contribution in [0, 0.1) is 0 Å². The van der Waals surface area contributed by atoms with E-state index in [1.165, 1.54) is 6.82 Å². The third-order valence-electron chi connectivity index (χ3n) is 2.90. The lowest BCUT2D eigenvalue weighted by molar-refractivity contribution is 0.0602. The molecule has 0 aliphatic rings. The summed E-state index contributed by atoms with van der Waals surface area (Å²) in [5.41, 5.74) is -0.657. The number of amides is 1. The molecule has 0 atom stereocenters. The zero-order valence-corrected chi connectivity index (χ0v) is 14.6. The van der Waals surface area contributed by atoms with Crippen molar-refractivity contribution < 1.29 is 14.6 Å². The number of hydrogen-bond acceptors (Lipinski definition) is 4. The number of nitrogens with zero attached hydrogens (tertiary/aromatic N) is 2. The first kappa shape index (κ1) is 16.8. The summed E-state index contributed by atoms with van der Waals surface area (Å²) in [6.07, 6.45) is 0.966. The van der Waals surface area contributed by atoms with E-state index in [4.69, 9.17) is 4.74 Å². The first-order valence-electron chi connectivity index (χ1n) is 6.93. The number of ether oxygens (including phenoxy) is 1. The number of aromatic nitrogens is 1. The first-order chi connectivity index (χ1) is 10.2. The van der Waals surface area contributed by atoms with Crippen molar-refractivity contribution in [1.29, 1.82) is 0 Å². The molecule has 5 nitrogen and oxygen atoms in total. The second-order valence-corrected chi connectivity index (χ2v) is 6.90. The van der Waals surface area contributed by atoms with Crippen molar-refractivity contribution in [3.05, 3.63) is 34.9 Å². The number of benzene rings is 1. The monoisotopic (exact) mass is 364 g/mol. The molecular formula is C15H18BBrN2O3. The SMILES string of the molecule is CB(O)N(C(=O)OC(C)(C)C)c1nccc2ccc(Br)cc12. The van der Waals surface area contributed by atoms with Crippen LogP contribution >= 0.6 is 15.9 Å². The van der Waals surface area contributed by atoms with Gasteiger partial charge in [-0.3, -0.25) is 4.81 Å². The van der Waals surface area contributed by atoms with Crippen molar-refractivity contribution in [2.75, 3.05) is 4.81 Å². The van der Waals surface area contributed by atoms with E-state index in [0.29, 0.717) is 5.82 Å². The Kier molecular flexibility index (Phi) is 4.77. The summed E-state index contributed by atoms with van der Waals surface area (Å²) in [5, 5.41) is 11.7. The van der Waals surface area contributed by atoms with E-state index >= 15 is 0 Å². The smallest absolute Gasteiger partial charge is 0.420 e. The van der Waals surface area contributed by atoms with E-state index in [-0.39, 0.29) is 0 Å². The zero-order chi connectivity index (χ0) is 16.5. The average molecular weight is 365 g/mol. The summed E-state index contributed by atoms with van der Waals surface area (Å²) in [5.74, 6) is 0.364. The average Bonchev–Trinajstić information content (AvgIpc) is 2.37. The Morgan fingerprint density at radius 2 is 2.05 bits per heavy atom. The second kappa shape index (κ2) is 6.26. The Hall–Kier alpha value is -1.60. The molecule has 0 aliphatic heterocycles. The van der Waals surface area contributed by atoms with Gasteiger partial charge in [-0.05, 0) is 51.2 Å². The molecule has 0 spiro atoms. The van der Waals surface area contributed by atoms with Gasteiger partial charge in [-0.2, -0.15) is 0 Å². The summed E-state index contributed by atoms with van der Waals surface area (Å²) in [4.78, 5) is 17.8. The fraction of sp³-hybridized carbons (Fsp3) is 0.333. The van der Waals surface area contributed by atoms with Crippen molar-refractivity contribution in [3.8, 4) is 0 Å². The lowest BCUT2D eigenvalue weighted by Crippen LogP contribution is -2.45. The van der Waals surface area contributed by atoms with Crippen LogP contribution in [-0.4, -0.2) is 28.8 Å². The Bertz CT molecular complexity index is 701. The largest absolute Gasteiger partial charge is 0.444 e. The molecule has 0 fully saturated rings. The second-order valence-electron chi connectivity index (χ2n) is 5.98. The molecule has 0 bridgehead atoms. The molecule has 7 heteroatoms. The maximum atomic E-state index is 12.4. The summed E-state index contributed by atoms with van der Waals surface area (Å²) in [6.45, 7) is 6.83. The quantitative estimate of drug-likeness (QED) is 0.822. The van der Waals surface area contributed by atoms with Crippen LogP contribution in [-0.2, 0) is 4.74 Å². The standard InChI is InChI=1S/C15H18BBrN2O3/c1-15(2,3)22-14(20)19(16(4)21)13-12-9-11(17)6-5-10(12)7-8-18-13/h5-9,21H,1-4H3. The van der Waals surface area contributed by atoms with Gasteiger partial charge in [0.05, 0.1) is 0 Å². The molecule has 0 saturated heterocycles. The molecule has 2 rings (SSSR count). The summed E-state index contributed by atoms with van der Waals surface area (Å²) < 4.78 is 6.23. The highest BCUT2D eigenvalue weighted by atomic mass is 79.9. The Morgan fingerprint density at radius 3 is 2.64 bits per heavy atom. The Morgan fingerprint density at radius 1 is 1.36 bits per heavy atom. The predicted molar refractivity (Wildman–Crippen MR) is 92.0 cm³/mol. The molecular weight excluding hydrogens is 347 g/mol. The number of halogens is 1. The van der Waals surface area contributed by atoms with Crippen LogP contribution in [0.5, 0.6) is 0 Å². The van der Waals surface area contributed by atoms with Gasteiger partial charge in [-0.25, -0.2) is 9.78 Å². The van der Waals surface area contributed by atoms with Crippen LogP contribution in [0.2, 0.25) is 6.82 Å². The number of carbonyl (C=O) groups excluding carboxylic acids is 1. The highest BCUT2D eigenvalue weighted by molar-refractivity contribution is 9.10. The summed E-state index contributed by atoms with van der Waals surface area (Å²) in [7, 11) is -1.06. The number of carbonyl (C=O) groups is 1. The fourth-order valence-corrected chi connectivity index (χ4v) is 2.41. The van der Waals surface area contributed by atoms with Gasteiger partial charge >= 0.3 is 13.1 Å². The Labute approximate surface area is 138 Å². The van der Waals surface area contributed by atoms with Crippen LogP contribution < -0.4 is 4.81 Å². The van der Waals surface area contributed by atoms with Crippen molar-refractivity contribution in [3.63, 3.8) is 0 Å². The van der Waals surface area contributed by atoms with Crippen LogP contribution in [0.15, 0.2) is 34.9 Å². The molecule has 2 aromatic rings. The highest BCUT2D eigenvalue weighted by Crippen LogP contribution is 2.28. The Balaban J connectivity index is 2.54. The molecule has 116 valence electrons. The van der Waals surface area contributed by atoms with E-state index in [9.17, 15) is 9.82 Å². The summed E-state index contributed by atoms with van der Waals surface area (Å²) >= 11 is 3.41. The molecule has 0 aliphatic carbocycles. The van der Waals surface area contributed by atoms with E-state index in [2.05, 4.69) is 20.9 Å². The van der Waals surface area contributed by atoms with Crippen LogP contribution in [0.3, 0.4) is 0 Å².